The maximum atomic E-state index is 12.2. The van der Waals surface area contributed by atoms with Gasteiger partial charge in [-0.25, -0.2) is 0 Å². The molecular weight excluding hydrogens is 248 g/mol. The zero-order valence-corrected chi connectivity index (χ0v) is 11.5. The van der Waals surface area contributed by atoms with Crippen molar-refractivity contribution in [2.45, 2.75) is 52.5 Å². The second-order valence-electron chi connectivity index (χ2n) is 4.47. The van der Waals surface area contributed by atoms with Crippen LogP contribution in [0.2, 0.25) is 0 Å². The number of aliphatic carboxylic acids is 1. The minimum absolute atomic E-state index is 0.0780. The highest BCUT2D eigenvalue weighted by Crippen LogP contribution is 2.14. The quantitative estimate of drug-likeness (QED) is 0.788. The first kappa shape index (κ1) is 15.2. The lowest BCUT2D eigenvalue weighted by molar-refractivity contribution is -0.137. The molecule has 1 rings (SSSR count). The maximum Gasteiger partial charge on any atom is 0.305 e. The van der Waals surface area contributed by atoms with Crippen molar-refractivity contribution in [1.82, 2.24) is 10.5 Å². The topological polar surface area (TPSA) is 92.4 Å². The van der Waals surface area contributed by atoms with Crippen molar-refractivity contribution < 1.29 is 19.2 Å². The Morgan fingerprint density at radius 2 is 2.11 bits per heavy atom. The van der Waals surface area contributed by atoms with Gasteiger partial charge in [-0.05, 0) is 19.8 Å². The molecule has 1 amide bonds. The molecule has 1 aromatic heterocycles. The Bertz CT molecular complexity index is 453. The first-order chi connectivity index (χ1) is 8.99. The van der Waals surface area contributed by atoms with Gasteiger partial charge in [0, 0.05) is 6.04 Å². The molecule has 0 aliphatic rings. The number of carboxylic acid groups (broad SMARTS) is 1. The molecule has 1 unspecified atom stereocenters. The van der Waals surface area contributed by atoms with Gasteiger partial charge in [-0.1, -0.05) is 25.4 Å². The van der Waals surface area contributed by atoms with Gasteiger partial charge in [0.15, 0.2) is 0 Å². The van der Waals surface area contributed by atoms with E-state index < -0.39 is 5.97 Å². The maximum absolute atomic E-state index is 12.2. The molecule has 0 aromatic carbocycles. The van der Waals surface area contributed by atoms with Gasteiger partial charge in [0.2, 0.25) is 0 Å². The number of carbonyl (C=O) groups excluding carboxylic acids is 1. The molecule has 0 saturated carbocycles. The second-order valence-corrected chi connectivity index (χ2v) is 4.47. The smallest absolute Gasteiger partial charge is 0.305 e. The molecule has 0 aliphatic heterocycles. The zero-order valence-electron chi connectivity index (χ0n) is 11.5. The van der Waals surface area contributed by atoms with Crippen molar-refractivity contribution in [1.29, 1.82) is 0 Å². The summed E-state index contributed by atoms with van der Waals surface area (Å²) in [7, 11) is 0. The fourth-order valence-corrected chi connectivity index (χ4v) is 1.99. The van der Waals surface area contributed by atoms with Crippen molar-refractivity contribution in [2.24, 2.45) is 0 Å². The molecule has 0 fully saturated rings. The molecular formula is C13H20N2O4. The Labute approximate surface area is 112 Å². The molecule has 106 valence electrons. The third-order valence-corrected chi connectivity index (χ3v) is 2.89. The summed E-state index contributed by atoms with van der Waals surface area (Å²) in [5.41, 5.74) is 1.02. The summed E-state index contributed by atoms with van der Waals surface area (Å²) in [6.45, 7) is 5.51. The van der Waals surface area contributed by atoms with Crippen molar-refractivity contribution in [3.63, 3.8) is 0 Å². The van der Waals surface area contributed by atoms with Crippen LogP contribution in [0, 0.1) is 6.92 Å². The van der Waals surface area contributed by atoms with Gasteiger partial charge in [-0.2, -0.15) is 0 Å². The number of carboxylic acids is 1. The Morgan fingerprint density at radius 1 is 1.42 bits per heavy atom. The number of aryl methyl sites for hydroxylation is 2. The predicted molar refractivity (Wildman–Crippen MR) is 69.0 cm³/mol. The first-order valence-corrected chi connectivity index (χ1v) is 6.47. The third-order valence-electron chi connectivity index (χ3n) is 2.89. The standard InChI is InChI=1S/C13H20N2O4/c1-4-6-9(7-11(16)17)14-13(18)12-8(3)19-15-10(12)5-2/h9H,4-7H2,1-3H3,(H,14,18)(H,16,17). The van der Waals surface area contributed by atoms with Crippen LogP contribution >= 0.6 is 0 Å². The van der Waals surface area contributed by atoms with E-state index in [4.69, 9.17) is 9.63 Å². The second kappa shape index (κ2) is 6.92. The number of aromatic nitrogens is 1. The summed E-state index contributed by atoms with van der Waals surface area (Å²) in [5.74, 6) is -0.772. The van der Waals surface area contributed by atoms with E-state index in [1.54, 1.807) is 6.92 Å². The van der Waals surface area contributed by atoms with Gasteiger partial charge >= 0.3 is 5.97 Å². The number of amides is 1. The molecule has 1 heterocycles. The monoisotopic (exact) mass is 268 g/mol. The van der Waals surface area contributed by atoms with E-state index >= 15 is 0 Å². The Kier molecular flexibility index (Phi) is 5.54. The predicted octanol–water partition coefficient (Wildman–Crippen LogP) is 1.92. The largest absolute Gasteiger partial charge is 0.481 e. The molecule has 0 spiro atoms. The van der Waals surface area contributed by atoms with E-state index in [0.29, 0.717) is 29.9 Å². The van der Waals surface area contributed by atoms with Gasteiger partial charge in [0.1, 0.15) is 11.3 Å². The van der Waals surface area contributed by atoms with Crippen molar-refractivity contribution in [3.8, 4) is 0 Å². The van der Waals surface area contributed by atoms with Crippen LogP contribution in [-0.2, 0) is 11.2 Å². The van der Waals surface area contributed by atoms with Crippen LogP contribution in [0.25, 0.3) is 0 Å². The number of hydrogen-bond donors (Lipinski definition) is 2. The van der Waals surface area contributed by atoms with Crippen LogP contribution in [0.3, 0.4) is 0 Å². The Morgan fingerprint density at radius 3 is 2.63 bits per heavy atom. The van der Waals surface area contributed by atoms with Crippen LogP contribution in [-0.4, -0.2) is 28.2 Å². The van der Waals surface area contributed by atoms with Gasteiger partial charge in [-0.3, -0.25) is 9.59 Å². The lowest BCUT2D eigenvalue weighted by atomic mass is 10.1. The fraction of sp³-hybridized carbons (Fsp3) is 0.615. The minimum atomic E-state index is -0.920. The van der Waals surface area contributed by atoms with Crippen LogP contribution in [0.1, 0.15) is 54.9 Å². The molecule has 6 heteroatoms. The van der Waals surface area contributed by atoms with Crippen LogP contribution in [0.15, 0.2) is 4.52 Å². The van der Waals surface area contributed by atoms with Crippen LogP contribution in [0.5, 0.6) is 0 Å². The average Bonchev–Trinajstić information content (AvgIpc) is 2.69. The van der Waals surface area contributed by atoms with Crippen molar-refractivity contribution in [3.05, 3.63) is 17.0 Å². The molecule has 1 atom stereocenters. The molecule has 0 saturated heterocycles. The van der Waals surface area contributed by atoms with E-state index in [1.165, 1.54) is 0 Å². The van der Waals surface area contributed by atoms with E-state index in [0.717, 1.165) is 6.42 Å². The van der Waals surface area contributed by atoms with Crippen LogP contribution in [0.4, 0.5) is 0 Å². The molecule has 2 N–H and O–H groups in total. The number of nitrogens with zero attached hydrogens (tertiary/aromatic N) is 1. The van der Waals surface area contributed by atoms with Crippen molar-refractivity contribution >= 4 is 11.9 Å². The number of hydrogen-bond acceptors (Lipinski definition) is 4. The first-order valence-electron chi connectivity index (χ1n) is 6.47. The summed E-state index contributed by atoms with van der Waals surface area (Å²) in [6.07, 6.45) is 1.95. The molecule has 6 nitrogen and oxygen atoms in total. The summed E-state index contributed by atoms with van der Waals surface area (Å²) < 4.78 is 5.00. The van der Waals surface area contributed by atoms with Crippen molar-refractivity contribution in [2.75, 3.05) is 0 Å². The van der Waals surface area contributed by atoms with Gasteiger partial charge in [-0.15, -0.1) is 0 Å². The highest BCUT2D eigenvalue weighted by atomic mass is 16.5. The molecule has 0 radical (unpaired) electrons. The number of carbonyl (C=O) groups is 2. The van der Waals surface area contributed by atoms with E-state index in [9.17, 15) is 9.59 Å². The molecule has 1 aromatic rings. The average molecular weight is 268 g/mol. The van der Waals surface area contributed by atoms with E-state index in [1.807, 2.05) is 13.8 Å². The van der Waals surface area contributed by atoms with Gasteiger partial charge < -0.3 is 14.9 Å². The highest BCUT2D eigenvalue weighted by Gasteiger charge is 2.22. The van der Waals surface area contributed by atoms with Gasteiger partial charge in [0.05, 0.1) is 12.1 Å². The lowest BCUT2D eigenvalue weighted by Gasteiger charge is -2.15. The fourth-order valence-electron chi connectivity index (χ4n) is 1.99. The summed E-state index contributed by atoms with van der Waals surface area (Å²) in [5, 5.41) is 15.4. The van der Waals surface area contributed by atoms with E-state index in [-0.39, 0.29) is 18.4 Å². The SMILES string of the molecule is CCCC(CC(=O)O)NC(=O)c1c(CC)noc1C. The summed E-state index contributed by atoms with van der Waals surface area (Å²) in [4.78, 5) is 22.9. The lowest BCUT2D eigenvalue weighted by Crippen LogP contribution is -2.37. The van der Waals surface area contributed by atoms with Gasteiger partial charge in [0.25, 0.3) is 5.91 Å². The molecule has 19 heavy (non-hydrogen) atoms. The number of rotatable bonds is 7. The number of nitrogens with one attached hydrogen (secondary N) is 1. The molecule has 0 bridgehead atoms. The Hall–Kier alpha value is -1.85. The molecule has 0 aliphatic carbocycles. The minimum Gasteiger partial charge on any atom is -0.481 e. The van der Waals surface area contributed by atoms with Crippen LogP contribution < -0.4 is 5.32 Å². The normalized spacial score (nSPS) is 12.2. The summed E-state index contributed by atoms with van der Waals surface area (Å²) in [6, 6.07) is -0.367. The van der Waals surface area contributed by atoms with E-state index in [2.05, 4.69) is 10.5 Å². The highest BCUT2D eigenvalue weighted by molar-refractivity contribution is 5.96. The zero-order chi connectivity index (χ0) is 14.4. The summed E-state index contributed by atoms with van der Waals surface area (Å²) >= 11 is 0. The Balaban J connectivity index is 2.81. The third kappa shape index (κ3) is 4.08.